The van der Waals surface area contributed by atoms with Crippen LogP contribution in [0.5, 0.6) is 17.4 Å². The highest BCUT2D eigenvalue weighted by atomic mass is 16.6. The van der Waals surface area contributed by atoms with Crippen molar-refractivity contribution in [1.82, 2.24) is 9.78 Å². The highest BCUT2D eigenvalue weighted by Crippen LogP contribution is 2.28. The van der Waals surface area contributed by atoms with Gasteiger partial charge in [-0.05, 0) is 51.0 Å². The van der Waals surface area contributed by atoms with E-state index < -0.39 is 0 Å². The van der Waals surface area contributed by atoms with E-state index in [1.807, 2.05) is 65.1 Å². The van der Waals surface area contributed by atoms with E-state index in [4.69, 9.17) is 19.0 Å². The van der Waals surface area contributed by atoms with Crippen molar-refractivity contribution in [2.24, 2.45) is 12.2 Å². The Morgan fingerprint density at radius 3 is 2.43 bits per heavy atom. The molecule has 2 aromatic rings. The van der Waals surface area contributed by atoms with Gasteiger partial charge in [-0.15, -0.1) is 0 Å². The lowest BCUT2D eigenvalue weighted by Crippen LogP contribution is -2.12. The Balaban J connectivity index is 1.91. The smallest absolute Gasteiger partial charge is 0.212 e. The normalized spacial score (nSPS) is 11.7. The molecule has 0 aliphatic rings. The summed E-state index contributed by atoms with van der Waals surface area (Å²) in [4.78, 5) is 4.78. The average molecular weight is 387 g/mol. The zero-order chi connectivity index (χ0) is 20.5. The molecular formula is C21H29N3O4. The molecule has 0 spiro atoms. The van der Waals surface area contributed by atoms with E-state index in [9.17, 15) is 0 Å². The zero-order valence-corrected chi connectivity index (χ0v) is 17.5. The van der Waals surface area contributed by atoms with E-state index in [-0.39, 0.29) is 0 Å². The highest BCUT2D eigenvalue weighted by molar-refractivity contribution is 5.96. The number of aromatic nitrogens is 2. The van der Waals surface area contributed by atoms with Gasteiger partial charge < -0.3 is 19.0 Å². The molecule has 0 bridgehead atoms. The quantitative estimate of drug-likeness (QED) is 0.268. The Morgan fingerprint density at radius 1 is 1.11 bits per heavy atom. The molecule has 0 amide bonds. The maximum Gasteiger partial charge on any atom is 0.212 e. The van der Waals surface area contributed by atoms with Gasteiger partial charge >= 0.3 is 0 Å². The van der Waals surface area contributed by atoms with Crippen LogP contribution in [0.2, 0.25) is 0 Å². The van der Waals surface area contributed by atoms with Crippen LogP contribution in [0.25, 0.3) is 0 Å². The minimum atomic E-state index is 0.401. The van der Waals surface area contributed by atoms with Gasteiger partial charge in [-0.2, -0.15) is 5.10 Å². The molecule has 1 heterocycles. The molecule has 0 aliphatic carbocycles. The summed E-state index contributed by atoms with van der Waals surface area (Å²) < 4.78 is 19.1. The third-order valence-electron chi connectivity index (χ3n) is 4.03. The van der Waals surface area contributed by atoms with Gasteiger partial charge in [0.2, 0.25) is 5.88 Å². The first-order chi connectivity index (χ1) is 13.5. The molecule has 0 radical (unpaired) electrons. The third kappa shape index (κ3) is 5.77. The topological polar surface area (TPSA) is 67.1 Å². The molecule has 7 nitrogen and oxygen atoms in total. The van der Waals surface area contributed by atoms with Gasteiger partial charge in [0, 0.05) is 13.1 Å². The number of ether oxygens (including phenoxy) is 3. The van der Waals surface area contributed by atoms with Crippen molar-refractivity contribution in [3.05, 3.63) is 47.2 Å². The van der Waals surface area contributed by atoms with Gasteiger partial charge in [0.1, 0.15) is 49.8 Å². The number of oxime groups is 1. The van der Waals surface area contributed by atoms with E-state index in [0.29, 0.717) is 37.1 Å². The average Bonchev–Trinajstić information content (AvgIpc) is 3.02. The summed E-state index contributed by atoms with van der Waals surface area (Å²) in [5.74, 6) is 2.34. The van der Waals surface area contributed by atoms with Crippen LogP contribution in [0.4, 0.5) is 0 Å². The highest BCUT2D eigenvalue weighted by Gasteiger charge is 2.10. The molecule has 0 unspecified atom stereocenters. The van der Waals surface area contributed by atoms with Crippen LogP contribution < -0.4 is 14.2 Å². The Hall–Kier alpha value is -2.96. The van der Waals surface area contributed by atoms with Crippen molar-refractivity contribution in [3.8, 4) is 17.4 Å². The summed E-state index contributed by atoms with van der Waals surface area (Å²) in [6.07, 6.45) is 3.94. The number of allylic oxidation sites excluding steroid dienone is 1. The van der Waals surface area contributed by atoms with E-state index in [1.165, 1.54) is 7.11 Å². The van der Waals surface area contributed by atoms with E-state index in [2.05, 4.69) is 10.3 Å². The van der Waals surface area contributed by atoms with Crippen molar-refractivity contribution in [2.75, 3.05) is 26.9 Å². The Labute approximate surface area is 166 Å². The molecule has 0 atom stereocenters. The molecule has 2 rings (SSSR count). The van der Waals surface area contributed by atoms with E-state index in [1.54, 1.807) is 4.68 Å². The van der Waals surface area contributed by atoms with E-state index >= 15 is 0 Å². The summed E-state index contributed by atoms with van der Waals surface area (Å²) in [5.41, 5.74) is 3.46. The summed E-state index contributed by atoms with van der Waals surface area (Å²) in [5, 5.41) is 8.24. The summed E-state index contributed by atoms with van der Waals surface area (Å²) >= 11 is 0. The number of hydrogen-bond donors (Lipinski definition) is 0. The van der Waals surface area contributed by atoms with Crippen molar-refractivity contribution in [3.63, 3.8) is 0 Å². The minimum absolute atomic E-state index is 0.401. The predicted molar refractivity (Wildman–Crippen MR) is 110 cm³/mol. The van der Waals surface area contributed by atoms with E-state index in [0.717, 1.165) is 22.6 Å². The molecule has 1 aromatic carbocycles. The molecule has 1 aromatic heterocycles. The van der Waals surface area contributed by atoms with Gasteiger partial charge in [-0.3, -0.25) is 0 Å². The van der Waals surface area contributed by atoms with Crippen LogP contribution in [-0.2, 0) is 11.9 Å². The maximum atomic E-state index is 5.93. The van der Waals surface area contributed by atoms with Crippen molar-refractivity contribution >= 4 is 5.71 Å². The van der Waals surface area contributed by atoms with Gasteiger partial charge in [0.15, 0.2) is 0 Å². The second kappa shape index (κ2) is 10.4. The van der Waals surface area contributed by atoms with Crippen LogP contribution in [0.3, 0.4) is 0 Å². The van der Waals surface area contributed by atoms with Crippen LogP contribution in [-0.4, -0.2) is 42.4 Å². The van der Waals surface area contributed by atoms with Gasteiger partial charge in [0.25, 0.3) is 0 Å². The minimum Gasteiger partial charge on any atom is -0.490 e. The van der Waals surface area contributed by atoms with Gasteiger partial charge in [0.05, 0.1) is 0 Å². The molecule has 0 aliphatic heterocycles. The zero-order valence-electron chi connectivity index (χ0n) is 17.5. The lowest BCUT2D eigenvalue weighted by molar-refractivity contribution is 0.204. The van der Waals surface area contributed by atoms with Crippen LogP contribution >= 0.6 is 0 Å². The lowest BCUT2D eigenvalue weighted by Gasteiger charge is -2.14. The van der Waals surface area contributed by atoms with Gasteiger partial charge in [-0.1, -0.05) is 17.3 Å². The number of nitrogens with zero attached hydrogens (tertiary/aromatic N) is 3. The van der Waals surface area contributed by atoms with Crippen molar-refractivity contribution in [1.29, 1.82) is 0 Å². The first kappa shape index (κ1) is 21.3. The number of benzene rings is 1. The molecular weight excluding hydrogens is 358 g/mol. The monoisotopic (exact) mass is 387 g/mol. The molecule has 0 saturated heterocycles. The molecule has 0 fully saturated rings. The molecule has 28 heavy (non-hydrogen) atoms. The lowest BCUT2D eigenvalue weighted by atomic mass is 10.1. The number of rotatable bonds is 10. The summed E-state index contributed by atoms with van der Waals surface area (Å²) in [6.45, 7) is 9.21. The number of aryl methyl sites for hydroxylation is 3. The third-order valence-corrected chi connectivity index (χ3v) is 4.03. The molecule has 7 heteroatoms. The SMILES string of the molecule is C/C=C/COc1cc(C)c(OCCOc2cc(/C(C)=N/OC)nn2C)c(C)c1. The summed E-state index contributed by atoms with van der Waals surface area (Å²) in [7, 11) is 3.33. The molecule has 152 valence electrons. The van der Waals surface area contributed by atoms with Crippen LogP contribution in [0.1, 0.15) is 30.7 Å². The van der Waals surface area contributed by atoms with Crippen molar-refractivity contribution < 1.29 is 19.0 Å². The second-order valence-corrected chi connectivity index (χ2v) is 6.31. The standard InChI is InChI=1S/C21H29N3O4/c1-7-8-9-26-18-12-15(2)21(16(3)13-18)28-11-10-27-20-14-19(22-24(20)5)17(4)23-25-6/h7-8,12-14H,9-11H2,1-6H3/b8-7+,23-17+. The Bertz CT molecular complexity index is 817. The predicted octanol–water partition coefficient (Wildman–Crippen LogP) is 3.82. The fraction of sp³-hybridized carbons (Fsp3) is 0.429. The fourth-order valence-corrected chi connectivity index (χ4v) is 2.70. The Kier molecular flexibility index (Phi) is 7.92. The Morgan fingerprint density at radius 2 is 1.79 bits per heavy atom. The summed E-state index contributed by atoms with van der Waals surface area (Å²) in [6, 6.07) is 5.79. The molecule has 0 saturated carbocycles. The van der Waals surface area contributed by atoms with Gasteiger partial charge in [-0.25, -0.2) is 4.68 Å². The fourth-order valence-electron chi connectivity index (χ4n) is 2.70. The second-order valence-electron chi connectivity index (χ2n) is 6.31. The van der Waals surface area contributed by atoms with Crippen LogP contribution in [0.15, 0.2) is 35.5 Å². The maximum absolute atomic E-state index is 5.93. The number of hydrogen-bond acceptors (Lipinski definition) is 6. The molecule has 0 N–H and O–H groups in total. The first-order valence-electron chi connectivity index (χ1n) is 9.19. The van der Waals surface area contributed by atoms with Crippen molar-refractivity contribution in [2.45, 2.75) is 27.7 Å². The largest absolute Gasteiger partial charge is 0.490 e. The first-order valence-corrected chi connectivity index (χ1v) is 9.19. The van der Waals surface area contributed by atoms with Crippen LogP contribution in [0, 0.1) is 13.8 Å².